The minimum atomic E-state index is -1.22. The monoisotopic (exact) mass is 536 g/mol. The molecule has 192 valence electrons. The lowest BCUT2D eigenvalue weighted by atomic mass is 10.2. The van der Waals surface area contributed by atoms with Gasteiger partial charge in [0, 0.05) is 26.4 Å². The first kappa shape index (κ1) is 31.6. The van der Waals surface area contributed by atoms with Crippen LogP contribution in [-0.4, -0.2) is 72.6 Å². The Hall–Kier alpha value is -3.36. The lowest BCUT2D eigenvalue weighted by Gasteiger charge is -2.04. The lowest BCUT2D eigenvalue weighted by molar-refractivity contribution is -0.384. The van der Waals surface area contributed by atoms with Crippen molar-refractivity contribution in [2.75, 3.05) is 40.6 Å². The average molecular weight is 537 g/mol. The molecule has 2 N–H and O–H groups in total. The third-order valence-corrected chi connectivity index (χ3v) is 4.22. The van der Waals surface area contributed by atoms with Crippen LogP contribution in [0.15, 0.2) is 36.4 Å². The van der Waals surface area contributed by atoms with Crippen molar-refractivity contribution in [3.05, 3.63) is 77.8 Å². The second-order valence-electron chi connectivity index (χ2n) is 6.00. The quantitative estimate of drug-likeness (QED) is 0.206. The van der Waals surface area contributed by atoms with Gasteiger partial charge in [0.25, 0.3) is 11.4 Å². The molecule has 15 heteroatoms. The maximum atomic E-state index is 11.5. The molecule has 0 amide bonds. The Balaban J connectivity index is 0.000000567. The number of ether oxygens (including phenoxy) is 3. The molecule has 0 bridgehead atoms. The highest BCUT2D eigenvalue weighted by Crippen LogP contribution is 2.26. The van der Waals surface area contributed by atoms with E-state index in [1.165, 1.54) is 31.4 Å². The highest BCUT2D eigenvalue weighted by molar-refractivity contribution is 6.33. The number of nitro groups is 2. The van der Waals surface area contributed by atoms with Crippen LogP contribution < -0.4 is 0 Å². The Morgan fingerprint density at radius 2 is 1.31 bits per heavy atom. The molecule has 0 saturated heterocycles. The summed E-state index contributed by atoms with van der Waals surface area (Å²) in [6, 6.07) is 7.04. The molecule has 0 aliphatic carbocycles. The number of carboxylic acid groups (broad SMARTS) is 1. The number of rotatable bonds is 9. The van der Waals surface area contributed by atoms with Crippen LogP contribution >= 0.6 is 23.2 Å². The third-order valence-electron chi connectivity index (χ3n) is 3.58. The fourth-order valence-corrected chi connectivity index (χ4v) is 2.33. The van der Waals surface area contributed by atoms with Crippen molar-refractivity contribution < 1.29 is 43.9 Å². The Morgan fingerprint density at radius 3 is 1.69 bits per heavy atom. The van der Waals surface area contributed by atoms with Crippen molar-refractivity contribution in [1.82, 2.24) is 0 Å². The van der Waals surface area contributed by atoms with E-state index in [0.717, 1.165) is 12.1 Å². The van der Waals surface area contributed by atoms with Gasteiger partial charge in [-0.3, -0.25) is 20.2 Å². The van der Waals surface area contributed by atoms with E-state index in [1.54, 1.807) is 7.11 Å². The molecule has 13 nitrogen and oxygen atoms in total. The van der Waals surface area contributed by atoms with E-state index in [4.69, 9.17) is 42.9 Å². The molecule has 2 rings (SSSR count). The van der Waals surface area contributed by atoms with E-state index in [9.17, 15) is 29.8 Å². The minimum Gasteiger partial charge on any atom is -0.478 e. The number of hydrogen-bond acceptors (Lipinski definition) is 10. The zero-order chi connectivity index (χ0) is 27.0. The third kappa shape index (κ3) is 12.1. The molecule has 2 aromatic carbocycles. The summed E-state index contributed by atoms with van der Waals surface area (Å²) in [5, 5.41) is 37.3. The first-order valence-corrected chi connectivity index (χ1v) is 10.1. The standard InChI is InChI=1S/C10H10ClNO5.C7H4ClNO4.C3H8O2/c1-16-4-5-17-10(13)7-2-3-8(11)9(6-7)12(14)15;8-5-2-1-4(7(10)11)3-6(5)9(12)13;1-5-3-2-4/h2-3,6H,4-5H2,1H3;1-3H,(H,10,11);4H,2-3H2,1H3. The van der Waals surface area contributed by atoms with Crippen molar-refractivity contribution in [3.8, 4) is 0 Å². The summed E-state index contributed by atoms with van der Waals surface area (Å²) in [5.74, 6) is -1.87. The van der Waals surface area contributed by atoms with Gasteiger partial charge in [0.05, 0.1) is 40.8 Å². The van der Waals surface area contributed by atoms with Crippen molar-refractivity contribution in [2.24, 2.45) is 0 Å². The van der Waals surface area contributed by atoms with Crippen LogP contribution in [0.5, 0.6) is 0 Å². The Bertz CT molecular complexity index is 1020. The van der Waals surface area contributed by atoms with Gasteiger partial charge in [-0.1, -0.05) is 23.2 Å². The van der Waals surface area contributed by atoms with Gasteiger partial charge < -0.3 is 24.4 Å². The van der Waals surface area contributed by atoms with E-state index >= 15 is 0 Å². The molecule has 0 spiro atoms. The summed E-state index contributed by atoms with van der Waals surface area (Å²) in [5.41, 5.74) is -0.803. The number of carboxylic acids is 1. The zero-order valence-electron chi connectivity index (χ0n) is 18.5. The minimum absolute atomic E-state index is 0.0246. The second kappa shape index (κ2) is 17.1. The molecule has 0 fully saturated rings. The number of carbonyl (C=O) groups excluding carboxylic acids is 1. The highest BCUT2D eigenvalue weighted by atomic mass is 35.5. The van der Waals surface area contributed by atoms with E-state index in [0.29, 0.717) is 6.61 Å². The number of nitro benzene ring substituents is 2. The van der Waals surface area contributed by atoms with Crippen LogP contribution in [0.4, 0.5) is 11.4 Å². The molecule has 0 radical (unpaired) electrons. The number of carbonyl (C=O) groups is 2. The van der Waals surface area contributed by atoms with E-state index in [1.807, 2.05) is 0 Å². The summed E-state index contributed by atoms with van der Waals surface area (Å²) >= 11 is 11.1. The number of aliphatic hydroxyl groups excluding tert-OH is 1. The molecule has 0 saturated carbocycles. The second-order valence-corrected chi connectivity index (χ2v) is 6.81. The molecule has 0 heterocycles. The summed E-state index contributed by atoms with van der Waals surface area (Å²) < 4.78 is 14.0. The molecular weight excluding hydrogens is 515 g/mol. The molecule has 0 atom stereocenters. The van der Waals surface area contributed by atoms with Crippen LogP contribution in [0, 0.1) is 20.2 Å². The summed E-state index contributed by atoms with van der Waals surface area (Å²) in [7, 11) is 3.02. The predicted molar refractivity (Wildman–Crippen MR) is 124 cm³/mol. The first-order chi connectivity index (χ1) is 16.5. The number of esters is 1. The number of hydrogen-bond donors (Lipinski definition) is 2. The van der Waals surface area contributed by atoms with Crippen molar-refractivity contribution >= 4 is 46.5 Å². The number of aliphatic hydroxyl groups is 1. The molecule has 0 aliphatic heterocycles. The number of methoxy groups -OCH3 is 2. The highest BCUT2D eigenvalue weighted by Gasteiger charge is 2.17. The van der Waals surface area contributed by atoms with Gasteiger partial charge in [-0.25, -0.2) is 9.59 Å². The Morgan fingerprint density at radius 1 is 0.857 bits per heavy atom. The molecular formula is C20H22Cl2N2O11. The van der Waals surface area contributed by atoms with Gasteiger partial charge in [0.15, 0.2) is 0 Å². The zero-order valence-corrected chi connectivity index (χ0v) is 20.0. The van der Waals surface area contributed by atoms with Crippen molar-refractivity contribution in [3.63, 3.8) is 0 Å². The van der Waals surface area contributed by atoms with Gasteiger partial charge in [-0.15, -0.1) is 0 Å². The van der Waals surface area contributed by atoms with Crippen LogP contribution in [0.25, 0.3) is 0 Å². The Kier molecular flexibility index (Phi) is 15.5. The normalized spacial score (nSPS) is 9.63. The first-order valence-electron chi connectivity index (χ1n) is 9.37. The molecule has 0 aliphatic rings. The molecule has 0 unspecified atom stereocenters. The smallest absolute Gasteiger partial charge is 0.338 e. The molecule has 0 aromatic heterocycles. The van der Waals surface area contributed by atoms with E-state index in [-0.39, 0.29) is 46.7 Å². The fraction of sp³-hybridized carbons (Fsp3) is 0.300. The maximum absolute atomic E-state index is 11.5. The van der Waals surface area contributed by atoms with Gasteiger partial charge in [0.2, 0.25) is 0 Å². The SMILES string of the molecule is COCCO.COCCOC(=O)c1ccc(Cl)c([N+](=O)[O-])c1.O=C(O)c1ccc(Cl)c([N+](=O)[O-])c1. The van der Waals surface area contributed by atoms with Crippen molar-refractivity contribution in [2.45, 2.75) is 0 Å². The van der Waals surface area contributed by atoms with Gasteiger partial charge in [-0.2, -0.15) is 0 Å². The number of aromatic carboxylic acids is 1. The predicted octanol–water partition coefficient (Wildman–Crippen LogP) is 3.62. The molecule has 2 aromatic rings. The summed E-state index contributed by atoms with van der Waals surface area (Å²) in [6.07, 6.45) is 0. The van der Waals surface area contributed by atoms with Crippen LogP contribution in [-0.2, 0) is 14.2 Å². The number of benzene rings is 2. The van der Waals surface area contributed by atoms with Gasteiger partial charge >= 0.3 is 11.9 Å². The van der Waals surface area contributed by atoms with Crippen LogP contribution in [0.3, 0.4) is 0 Å². The Labute approximate surface area is 209 Å². The summed E-state index contributed by atoms with van der Waals surface area (Å²) in [4.78, 5) is 41.4. The van der Waals surface area contributed by atoms with Crippen molar-refractivity contribution in [1.29, 1.82) is 0 Å². The largest absolute Gasteiger partial charge is 0.478 e. The summed E-state index contributed by atoms with van der Waals surface area (Å²) in [6.45, 7) is 0.920. The molecule has 35 heavy (non-hydrogen) atoms. The van der Waals surface area contributed by atoms with E-state index in [2.05, 4.69) is 4.74 Å². The van der Waals surface area contributed by atoms with Crippen LogP contribution in [0.2, 0.25) is 10.0 Å². The topological polar surface area (TPSA) is 189 Å². The maximum Gasteiger partial charge on any atom is 0.338 e. The van der Waals surface area contributed by atoms with Crippen LogP contribution in [0.1, 0.15) is 20.7 Å². The lowest BCUT2D eigenvalue weighted by Crippen LogP contribution is -2.10. The fourth-order valence-electron chi connectivity index (χ4n) is 1.96. The average Bonchev–Trinajstić information content (AvgIpc) is 2.80. The van der Waals surface area contributed by atoms with Gasteiger partial charge in [0.1, 0.15) is 16.7 Å². The number of nitrogens with zero attached hydrogens (tertiary/aromatic N) is 2. The number of halogens is 2. The van der Waals surface area contributed by atoms with E-state index < -0.39 is 27.5 Å². The van der Waals surface area contributed by atoms with Gasteiger partial charge in [-0.05, 0) is 24.3 Å².